The van der Waals surface area contributed by atoms with Crippen molar-refractivity contribution in [3.63, 3.8) is 0 Å². The Morgan fingerprint density at radius 1 is 1.04 bits per heavy atom. The predicted octanol–water partition coefficient (Wildman–Crippen LogP) is 3.26. The number of nitrogens with zero attached hydrogens (tertiary/aromatic N) is 2. The van der Waals surface area contributed by atoms with Gasteiger partial charge in [-0.1, -0.05) is 13.8 Å². The van der Waals surface area contributed by atoms with E-state index < -0.39 is 5.60 Å². The quantitative estimate of drug-likeness (QED) is 0.812. The molecule has 0 radical (unpaired) electrons. The molecule has 6 nitrogen and oxygen atoms in total. The van der Waals surface area contributed by atoms with Crippen LogP contribution in [0.25, 0.3) is 0 Å². The fourth-order valence-corrected chi connectivity index (χ4v) is 3.93. The topological polar surface area (TPSA) is 61.9 Å². The van der Waals surface area contributed by atoms with Crippen LogP contribution in [0.4, 0.5) is 4.79 Å². The zero-order valence-electron chi connectivity index (χ0n) is 17.9. The summed E-state index contributed by atoms with van der Waals surface area (Å²) in [7, 11) is 0. The molecule has 2 aliphatic rings. The van der Waals surface area contributed by atoms with Gasteiger partial charge in [0.1, 0.15) is 5.60 Å². The fraction of sp³-hybridized carbons (Fsp3) is 0.905. The normalized spacial score (nSPS) is 23.2. The van der Waals surface area contributed by atoms with E-state index in [9.17, 15) is 9.59 Å². The van der Waals surface area contributed by atoms with E-state index >= 15 is 0 Å². The van der Waals surface area contributed by atoms with Gasteiger partial charge in [0.25, 0.3) is 0 Å². The van der Waals surface area contributed by atoms with E-state index in [1.807, 2.05) is 25.7 Å². The molecule has 0 bridgehead atoms. The van der Waals surface area contributed by atoms with Crippen LogP contribution >= 0.6 is 0 Å². The molecule has 2 rings (SSSR count). The highest BCUT2D eigenvalue weighted by atomic mass is 16.6. The molecule has 0 aromatic heterocycles. The van der Waals surface area contributed by atoms with Crippen molar-refractivity contribution in [2.45, 2.75) is 78.4 Å². The summed E-state index contributed by atoms with van der Waals surface area (Å²) in [5, 5.41) is 3.08. The number of rotatable bonds is 4. The first-order chi connectivity index (χ1) is 12.7. The number of hydrogen-bond donors (Lipinski definition) is 1. The minimum atomic E-state index is -0.444. The van der Waals surface area contributed by atoms with E-state index in [0.29, 0.717) is 12.0 Å². The van der Waals surface area contributed by atoms with Gasteiger partial charge in [0.05, 0.1) is 0 Å². The molecule has 2 fully saturated rings. The molecule has 0 saturated carbocycles. The molecule has 2 aliphatic heterocycles. The SMILES string of the molecule is CC(C)CNC(=O)C1CCN(C2CCCN(C(=O)OC(C)(C)C)CC2)CC1. The molecule has 2 saturated heterocycles. The standard InChI is InChI=1S/C21H39N3O3/c1-16(2)15-22-19(25)17-8-12-23(13-9-17)18-7-6-11-24(14-10-18)20(26)27-21(3,4)5/h16-18H,6-15H2,1-5H3,(H,22,25). The lowest BCUT2D eigenvalue weighted by atomic mass is 9.93. The van der Waals surface area contributed by atoms with E-state index in [2.05, 4.69) is 24.1 Å². The van der Waals surface area contributed by atoms with E-state index in [1.54, 1.807) is 0 Å². The van der Waals surface area contributed by atoms with Crippen LogP contribution < -0.4 is 5.32 Å². The van der Waals surface area contributed by atoms with Crippen LogP contribution in [0.5, 0.6) is 0 Å². The molecule has 27 heavy (non-hydrogen) atoms. The smallest absolute Gasteiger partial charge is 0.410 e. The van der Waals surface area contributed by atoms with Crippen molar-refractivity contribution in [1.82, 2.24) is 15.1 Å². The van der Waals surface area contributed by atoms with Crippen molar-refractivity contribution >= 4 is 12.0 Å². The summed E-state index contributed by atoms with van der Waals surface area (Å²) in [4.78, 5) is 29.0. The van der Waals surface area contributed by atoms with Gasteiger partial charge in [0.2, 0.25) is 5.91 Å². The Morgan fingerprint density at radius 2 is 1.70 bits per heavy atom. The second-order valence-corrected chi connectivity index (χ2v) is 9.50. The second-order valence-electron chi connectivity index (χ2n) is 9.50. The van der Waals surface area contributed by atoms with Crippen LogP contribution in [0.1, 0.15) is 66.7 Å². The first kappa shape index (κ1) is 22.0. The monoisotopic (exact) mass is 381 g/mol. The Morgan fingerprint density at radius 3 is 2.30 bits per heavy atom. The Kier molecular flexibility index (Phi) is 7.95. The average molecular weight is 382 g/mol. The fourth-order valence-electron chi connectivity index (χ4n) is 3.93. The number of nitrogens with one attached hydrogen (secondary N) is 1. The maximum Gasteiger partial charge on any atom is 0.410 e. The highest BCUT2D eigenvalue weighted by Gasteiger charge is 2.31. The van der Waals surface area contributed by atoms with Crippen LogP contribution in [0, 0.1) is 11.8 Å². The van der Waals surface area contributed by atoms with Gasteiger partial charge in [0, 0.05) is 31.6 Å². The zero-order valence-corrected chi connectivity index (χ0v) is 17.9. The third kappa shape index (κ3) is 7.32. The molecule has 0 aliphatic carbocycles. The number of carbonyl (C=O) groups excluding carboxylic acids is 2. The Hall–Kier alpha value is -1.30. The van der Waals surface area contributed by atoms with Crippen molar-refractivity contribution < 1.29 is 14.3 Å². The van der Waals surface area contributed by atoms with E-state index in [-0.39, 0.29) is 17.9 Å². The number of ether oxygens (including phenoxy) is 1. The van der Waals surface area contributed by atoms with Gasteiger partial charge in [-0.05, 0) is 71.9 Å². The number of carbonyl (C=O) groups is 2. The highest BCUT2D eigenvalue weighted by Crippen LogP contribution is 2.25. The summed E-state index contributed by atoms with van der Waals surface area (Å²) in [6.45, 7) is 14.2. The first-order valence-electron chi connectivity index (χ1n) is 10.7. The molecule has 1 N–H and O–H groups in total. The Balaban J connectivity index is 1.77. The predicted molar refractivity (Wildman–Crippen MR) is 108 cm³/mol. The lowest BCUT2D eigenvalue weighted by Gasteiger charge is -2.37. The van der Waals surface area contributed by atoms with Crippen LogP contribution in [0.2, 0.25) is 0 Å². The maximum atomic E-state index is 12.3. The molecular formula is C21H39N3O3. The van der Waals surface area contributed by atoms with Gasteiger partial charge < -0.3 is 19.9 Å². The molecule has 2 heterocycles. The number of hydrogen-bond acceptors (Lipinski definition) is 4. The second kappa shape index (κ2) is 9.76. The van der Waals surface area contributed by atoms with Gasteiger partial charge in [-0.25, -0.2) is 4.79 Å². The summed E-state index contributed by atoms with van der Waals surface area (Å²) < 4.78 is 5.52. The van der Waals surface area contributed by atoms with Gasteiger partial charge in [-0.15, -0.1) is 0 Å². The summed E-state index contributed by atoms with van der Waals surface area (Å²) in [5.41, 5.74) is -0.444. The number of likely N-dealkylation sites (tertiary alicyclic amines) is 2. The average Bonchev–Trinajstić information content (AvgIpc) is 2.84. The lowest BCUT2D eigenvalue weighted by Crippen LogP contribution is -2.45. The molecule has 1 unspecified atom stereocenters. The van der Waals surface area contributed by atoms with Crippen LogP contribution in [0.15, 0.2) is 0 Å². The van der Waals surface area contributed by atoms with Crippen molar-refractivity contribution in [3.05, 3.63) is 0 Å². The Labute approximate surface area is 165 Å². The molecule has 156 valence electrons. The number of piperidine rings is 1. The largest absolute Gasteiger partial charge is 0.444 e. The molecule has 0 aromatic carbocycles. The molecule has 6 heteroatoms. The zero-order chi connectivity index (χ0) is 20.0. The Bertz CT molecular complexity index is 493. The molecule has 0 aromatic rings. The third-order valence-electron chi connectivity index (χ3n) is 5.45. The molecule has 1 atom stereocenters. The molecular weight excluding hydrogens is 342 g/mol. The van der Waals surface area contributed by atoms with Crippen LogP contribution in [-0.2, 0) is 9.53 Å². The van der Waals surface area contributed by atoms with Gasteiger partial charge >= 0.3 is 6.09 Å². The molecule has 0 spiro atoms. The summed E-state index contributed by atoms with van der Waals surface area (Å²) in [6, 6.07) is 0.511. The van der Waals surface area contributed by atoms with Gasteiger partial charge in [-0.3, -0.25) is 4.79 Å². The minimum absolute atomic E-state index is 0.157. The van der Waals surface area contributed by atoms with Crippen molar-refractivity contribution in [2.75, 3.05) is 32.7 Å². The van der Waals surface area contributed by atoms with Crippen molar-refractivity contribution in [1.29, 1.82) is 0 Å². The van der Waals surface area contributed by atoms with E-state index in [0.717, 1.165) is 64.8 Å². The third-order valence-corrected chi connectivity index (χ3v) is 5.45. The maximum absolute atomic E-state index is 12.3. The summed E-state index contributed by atoms with van der Waals surface area (Å²) in [5.74, 6) is 0.873. The van der Waals surface area contributed by atoms with E-state index in [1.165, 1.54) is 0 Å². The van der Waals surface area contributed by atoms with Crippen LogP contribution in [0.3, 0.4) is 0 Å². The molecule has 2 amide bonds. The van der Waals surface area contributed by atoms with E-state index in [4.69, 9.17) is 4.74 Å². The van der Waals surface area contributed by atoms with Gasteiger partial charge in [0.15, 0.2) is 0 Å². The summed E-state index contributed by atoms with van der Waals surface area (Å²) >= 11 is 0. The van der Waals surface area contributed by atoms with Crippen molar-refractivity contribution in [3.8, 4) is 0 Å². The minimum Gasteiger partial charge on any atom is -0.444 e. The van der Waals surface area contributed by atoms with Crippen molar-refractivity contribution in [2.24, 2.45) is 11.8 Å². The van der Waals surface area contributed by atoms with Gasteiger partial charge in [-0.2, -0.15) is 0 Å². The lowest BCUT2D eigenvalue weighted by molar-refractivity contribution is -0.126. The number of amides is 2. The summed E-state index contributed by atoms with van der Waals surface area (Å²) in [6.07, 6.45) is 4.81. The first-order valence-corrected chi connectivity index (χ1v) is 10.7. The highest BCUT2D eigenvalue weighted by molar-refractivity contribution is 5.78. The van der Waals surface area contributed by atoms with Crippen LogP contribution in [-0.4, -0.2) is 66.2 Å².